The Balaban J connectivity index is 1.35. The van der Waals surface area contributed by atoms with Crippen molar-refractivity contribution in [2.75, 3.05) is 23.3 Å². The van der Waals surface area contributed by atoms with Gasteiger partial charge in [-0.1, -0.05) is 12.1 Å². The van der Waals surface area contributed by atoms with Gasteiger partial charge in [-0.3, -0.25) is 4.57 Å². The number of anilines is 2. The molecule has 2 N–H and O–H groups in total. The summed E-state index contributed by atoms with van der Waals surface area (Å²) >= 11 is 0. The second-order valence-corrected chi connectivity index (χ2v) is 7.16. The van der Waals surface area contributed by atoms with Crippen molar-refractivity contribution in [2.45, 2.75) is 25.4 Å². The Kier molecular flexibility index (Phi) is 5.98. The van der Waals surface area contributed by atoms with E-state index in [4.69, 9.17) is 0 Å². The maximum absolute atomic E-state index is 12.5. The summed E-state index contributed by atoms with van der Waals surface area (Å²) < 4.78 is 1.52. The molecule has 0 bridgehead atoms. The van der Waals surface area contributed by atoms with Crippen molar-refractivity contribution in [1.82, 2.24) is 24.8 Å². The first-order valence-electron chi connectivity index (χ1n) is 9.87. The molecule has 1 atom stereocenters. The highest BCUT2D eigenvalue weighted by atomic mass is 16.2. The van der Waals surface area contributed by atoms with E-state index in [2.05, 4.69) is 30.5 Å². The van der Waals surface area contributed by atoms with Crippen molar-refractivity contribution in [1.29, 1.82) is 0 Å². The third-order valence-corrected chi connectivity index (χ3v) is 4.91. The van der Waals surface area contributed by atoms with Gasteiger partial charge in [0.05, 0.1) is 6.54 Å². The average molecular weight is 405 g/mol. The van der Waals surface area contributed by atoms with Gasteiger partial charge in [0.2, 0.25) is 5.95 Å². The zero-order chi connectivity index (χ0) is 20.8. The summed E-state index contributed by atoms with van der Waals surface area (Å²) in [6, 6.07) is 10.7. The van der Waals surface area contributed by atoms with Crippen LogP contribution in [0.5, 0.6) is 0 Å². The molecule has 2 amide bonds. The van der Waals surface area contributed by atoms with E-state index in [9.17, 15) is 9.59 Å². The van der Waals surface area contributed by atoms with E-state index in [-0.39, 0.29) is 17.8 Å². The molecule has 9 nitrogen and oxygen atoms in total. The second-order valence-electron chi connectivity index (χ2n) is 7.16. The van der Waals surface area contributed by atoms with E-state index >= 15 is 0 Å². The van der Waals surface area contributed by atoms with Crippen LogP contribution in [0, 0.1) is 0 Å². The molecular weight excluding hydrogens is 382 g/mol. The smallest absolute Gasteiger partial charge is 0.339 e. The zero-order valence-electron chi connectivity index (χ0n) is 16.4. The molecule has 4 rings (SSSR count). The Labute approximate surface area is 173 Å². The first-order chi connectivity index (χ1) is 14.7. The highest BCUT2D eigenvalue weighted by molar-refractivity contribution is 5.89. The fraction of sp³-hybridized carbons (Fsp3) is 0.286. The summed E-state index contributed by atoms with van der Waals surface area (Å²) in [5.41, 5.74) is 1.26. The lowest BCUT2D eigenvalue weighted by molar-refractivity contribution is 0.246. The minimum atomic E-state index is -0.308. The number of aromatic nitrogens is 4. The van der Waals surface area contributed by atoms with Gasteiger partial charge in [-0.15, -0.1) is 0 Å². The third-order valence-electron chi connectivity index (χ3n) is 4.91. The fourth-order valence-electron chi connectivity index (χ4n) is 3.54. The van der Waals surface area contributed by atoms with Crippen molar-refractivity contribution >= 4 is 17.7 Å². The largest absolute Gasteiger partial charge is 0.347 e. The van der Waals surface area contributed by atoms with Crippen LogP contribution in [0.25, 0.3) is 0 Å². The fourth-order valence-corrected chi connectivity index (χ4v) is 3.54. The van der Waals surface area contributed by atoms with E-state index < -0.39 is 0 Å². The van der Waals surface area contributed by atoms with Crippen LogP contribution >= 0.6 is 0 Å². The monoisotopic (exact) mass is 405 g/mol. The number of hydrogen-bond acceptors (Lipinski definition) is 6. The van der Waals surface area contributed by atoms with Crippen LogP contribution in [0.3, 0.4) is 0 Å². The maximum Gasteiger partial charge on any atom is 0.347 e. The molecule has 0 aliphatic carbocycles. The first kappa shape index (κ1) is 19.6. The average Bonchev–Trinajstić information content (AvgIpc) is 2.76. The highest BCUT2D eigenvalue weighted by Gasteiger charge is 2.23. The van der Waals surface area contributed by atoms with Crippen LogP contribution in [0.15, 0.2) is 66.0 Å². The molecule has 30 heavy (non-hydrogen) atoms. The standard InChI is InChI=1S/C21H23N7O2/c29-20(26-18-7-2-11-27(15-18)19-22-8-3-9-23-19)25-17-6-1-5-16(13-17)14-28-12-4-10-24-21(28)30/h1,3-6,8-10,12-13,18H,2,7,11,14-15H2,(H2,25,26,29). The quantitative estimate of drug-likeness (QED) is 0.671. The Morgan fingerprint density at radius 2 is 1.93 bits per heavy atom. The maximum atomic E-state index is 12.5. The number of carbonyl (C=O) groups excluding carboxylic acids is 1. The minimum Gasteiger partial charge on any atom is -0.339 e. The van der Waals surface area contributed by atoms with E-state index in [0.29, 0.717) is 24.7 Å². The van der Waals surface area contributed by atoms with Crippen molar-refractivity contribution in [2.24, 2.45) is 0 Å². The summed E-state index contributed by atoms with van der Waals surface area (Å²) in [6.07, 6.45) is 8.46. The molecule has 0 saturated carbocycles. The topological polar surface area (TPSA) is 105 Å². The van der Waals surface area contributed by atoms with Crippen molar-refractivity contribution in [3.05, 3.63) is 77.2 Å². The number of rotatable bonds is 5. The number of hydrogen-bond donors (Lipinski definition) is 2. The number of amides is 2. The van der Waals surface area contributed by atoms with Crippen molar-refractivity contribution in [3.63, 3.8) is 0 Å². The molecule has 1 aromatic carbocycles. The molecule has 1 fully saturated rings. The molecule has 1 aliphatic rings. The second kappa shape index (κ2) is 9.17. The summed E-state index contributed by atoms with van der Waals surface area (Å²) in [6.45, 7) is 1.93. The molecule has 3 heterocycles. The van der Waals surface area contributed by atoms with Gasteiger partial charge < -0.3 is 15.5 Å². The summed E-state index contributed by atoms with van der Waals surface area (Å²) in [5, 5.41) is 5.91. The Bertz CT molecular complexity index is 1050. The lowest BCUT2D eigenvalue weighted by Crippen LogP contribution is -2.49. The van der Waals surface area contributed by atoms with Gasteiger partial charge in [-0.2, -0.15) is 0 Å². The predicted octanol–water partition coefficient (Wildman–Crippen LogP) is 1.87. The van der Waals surface area contributed by atoms with Crippen LogP contribution < -0.4 is 21.2 Å². The minimum absolute atomic E-state index is 0.0136. The van der Waals surface area contributed by atoms with Crippen molar-refractivity contribution < 1.29 is 4.79 Å². The molecule has 1 aliphatic heterocycles. The molecule has 154 valence electrons. The van der Waals surface area contributed by atoms with Crippen molar-refractivity contribution in [3.8, 4) is 0 Å². The third kappa shape index (κ3) is 4.99. The summed E-state index contributed by atoms with van der Waals surface area (Å²) in [5.74, 6) is 0.683. The Morgan fingerprint density at radius 3 is 2.77 bits per heavy atom. The molecule has 1 unspecified atom stereocenters. The van der Waals surface area contributed by atoms with Gasteiger partial charge in [0, 0.05) is 49.6 Å². The molecule has 2 aromatic heterocycles. The summed E-state index contributed by atoms with van der Waals surface area (Å²) in [7, 11) is 0. The van der Waals surface area contributed by atoms with Gasteiger partial charge >= 0.3 is 11.7 Å². The molecular formula is C21H23N7O2. The number of carbonyl (C=O) groups is 1. The van der Waals surface area contributed by atoms with Crippen LogP contribution in [-0.4, -0.2) is 44.7 Å². The number of piperidine rings is 1. The van der Waals surface area contributed by atoms with Gasteiger partial charge in [-0.05, 0) is 42.7 Å². The lowest BCUT2D eigenvalue weighted by atomic mass is 10.1. The Hall–Kier alpha value is -3.75. The molecule has 0 radical (unpaired) electrons. The number of nitrogens with zero attached hydrogens (tertiary/aromatic N) is 5. The van der Waals surface area contributed by atoms with E-state index in [0.717, 1.165) is 24.9 Å². The molecule has 1 saturated heterocycles. The van der Waals surface area contributed by atoms with E-state index in [1.807, 2.05) is 24.3 Å². The normalized spacial score (nSPS) is 16.1. The van der Waals surface area contributed by atoms with E-state index in [1.54, 1.807) is 30.7 Å². The first-order valence-corrected chi connectivity index (χ1v) is 9.87. The number of benzene rings is 1. The van der Waals surface area contributed by atoms with Gasteiger partial charge in [0.25, 0.3) is 0 Å². The Morgan fingerprint density at radius 1 is 1.10 bits per heavy atom. The number of urea groups is 1. The van der Waals surface area contributed by atoms with Crippen LogP contribution in [0.1, 0.15) is 18.4 Å². The van der Waals surface area contributed by atoms with E-state index in [1.165, 1.54) is 10.8 Å². The van der Waals surface area contributed by atoms with Gasteiger partial charge in [0.1, 0.15) is 0 Å². The molecule has 3 aromatic rings. The zero-order valence-corrected chi connectivity index (χ0v) is 16.4. The van der Waals surface area contributed by atoms with Crippen LogP contribution in [0.2, 0.25) is 0 Å². The summed E-state index contributed by atoms with van der Waals surface area (Å²) in [4.78, 5) is 38.7. The van der Waals surface area contributed by atoms with Gasteiger partial charge in [-0.25, -0.2) is 24.5 Å². The predicted molar refractivity (Wildman–Crippen MR) is 113 cm³/mol. The molecule has 0 spiro atoms. The lowest BCUT2D eigenvalue weighted by Gasteiger charge is -2.33. The highest BCUT2D eigenvalue weighted by Crippen LogP contribution is 2.16. The van der Waals surface area contributed by atoms with Crippen LogP contribution in [-0.2, 0) is 6.54 Å². The van der Waals surface area contributed by atoms with Crippen LogP contribution in [0.4, 0.5) is 16.4 Å². The van der Waals surface area contributed by atoms with Gasteiger partial charge in [0.15, 0.2) is 0 Å². The number of nitrogens with one attached hydrogen (secondary N) is 2. The molecule has 9 heteroatoms. The SMILES string of the molecule is O=C(Nc1cccc(Cn2cccnc2=O)c1)NC1CCCN(c2ncccn2)C1.